The molecule has 1 N–H and O–H groups in total. The number of hydrogen-bond donors (Lipinski definition) is 1. The summed E-state index contributed by atoms with van der Waals surface area (Å²) in [7, 11) is 0. The Morgan fingerprint density at radius 3 is 2.39 bits per heavy atom. The number of amides is 1. The summed E-state index contributed by atoms with van der Waals surface area (Å²) >= 11 is 5.43. The number of hydrogen-bond acceptors (Lipinski definition) is 2. The maximum Gasteiger partial charge on any atom is 0.239 e. The predicted molar refractivity (Wildman–Crippen MR) is 77.6 cm³/mol. The van der Waals surface area contributed by atoms with Crippen molar-refractivity contribution in [2.45, 2.75) is 19.4 Å². The van der Waals surface area contributed by atoms with Gasteiger partial charge in [-0.1, -0.05) is 12.1 Å². The number of rotatable bonds is 4. The lowest BCUT2D eigenvalue weighted by molar-refractivity contribution is -0.113. The molecule has 0 bridgehead atoms. The van der Waals surface area contributed by atoms with E-state index in [0.29, 0.717) is 0 Å². The molecule has 0 aromatic heterocycles. The summed E-state index contributed by atoms with van der Waals surface area (Å²) in [6.45, 7) is 3.40. The third kappa shape index (κ3) is 4.48. The van der Waals surface area contributed by atoms with E-state index in [4.69, 9.17) is 11.6 Å². The van der Waals surface area contributed by atoms with Crippen molar-refractivity contribution < 1.29 is 4.79 Å². The van der Waals surface area contributed by atoms with Crippen LogP contribution in [0.4, 0.5) is 5.69 Å². The topological polar surface area (TPSA) is 32.3 Å². The summed E-state index contributed by atoms with van der Waals surface area (Å²) in [6.07, 6.45) is 2.62. The van der Waals surface area contributed by atoms with E-state index in [1.807, 2.05) is 12.1 Å². The fraction of sp³-hybridized carbons (Fsp3) is 0.462. The lowest BCUT2D eigenvalue weighted by Gasteiger charge is -2.14. The third-order valence-corrected chi connectivity index (χ3v) is 3.21. The zero-order valence-corrected chi connectivity index (χ0v) is 11.8. The number of benzene rings is 1. The Hall–Kier alpha value is -0.770. The van der Waals surface area contributed by atoms with E-state index < -0.39 is 0 Å². The van der Waals surface area contributed by atoms with Crippen LogP contribution in [0.25, 0.3) is 0 Å². The molecule has 5 heteroatoms. The summed E-state index contributed by atoms with van der Waals surface area (Å²) in [5.41, 5.74) is 2.09. The zero-order chi connectivity index (χ0) is 12.1. The second-order valence-electron chi connectivity index (χ2n) is 4.36. The molecular weight excluding hydrogens is 271 g/mol. The minimum absolute atomic E-state index is 0. The Balaban J connectivity index is 0.00000162. The van der Waals surface area contributed by atoms with E-state index in [2.05, 4.69) is 22.3 Å². The molecule has 0 aliphatic carbocycles. The Morgan fingerprint density at radius 2 is 1.83 bits per heavy atom. The molecule has 1 fully saturated rings. The average molecular weight is 289 g/mol. The predicted octanol–water partition coefficient (Wildman–Crippen LogP) is 2.88. The normalized spacial score (nSPS) is 15.2. The molecule has 1 aliphatic rings. The van der Waals surface area contributed by atoms with Crippen LogP contribution in [0.15, 0.2) is 24.3 Å². The Kier molecular flexibility index (Phi) is 6.47. The number of halogens is 2. The van der Waals surface area contributed by atoms with E-state index in [9.17, 15) is 4.79 Å². The molecule has 1 aromatic carbocycles. The first kappa shape index (κ1) is 15.3. The van der Waals surface area contributed by atoms with Gasteiger partial charge in [-0.25, -0.2) is 0 Å². The molecule has 1 aromatic rings. The smallest absolute Gasteiger partial charge is 0.239 e. The molecule has 1 heterocycles. The van der Waals surface area contributed by atoms with Crippen LogP contribution >= 0.6 is 24.0 Å². The highest BCUT2D eigenvalue weighted by atomic mass is 35.5. The molecular formula is C13H18Cl2N2O. The van der Waals surface area contributed by atoms with Gasteiger partial charge in [-0.2, -0.15) is 0 Å². The molecule has 0 atom stereocenters. The van der Waals surface area contributed by atoms with Crippen LogP contribution in [0.2, 0.25) is 0 Å². The summed E-state index contributed by atoms with van der Waals surface area (Å²) in [6, 6.07) is 7.97. The Labute approximate surface area is 119 Å². The van der Waals surface area contributed by atoms with Crippen molar-refractivity contribution in [3.8, 4) is 0 Å². The maximum atomic E-state index is 11.1. The lowest BCUT2D eigenvalue weighted by atomic mass is 10.2. The minimum Gasteiger partial charge on any atom is -0.325 e. The second kappa shape index (κ2) is 7.62. The van der Waals surface area contributed by atoms with E-state index in [-0.39, 0.29) is 24.2 Å². The number of nitrogens with one attached hydrogen (secondary N) is 1. The first-order valence-corrected chi connectivity index (χ1v) is 6.48. The molecule has 100 valence electrons. The van der Waals surface area contributed by atoms with Gasteiger partial charge in [0.15, 0.2) is 0 Å². The van der Waals surface area contributed by atoms with Crippen LogP contribution < -0.4 is 5.32 Å². The van der Waals surface area contributed by atoms with Crippen molar-refractivity contribution in [3.63, 3.8) is 0 Å². The monoisotopic (exact) mass is 288 g/mol. The summed E-state index contributed by atoms with van der Waals surface area (Å²) in [4.78, 5) is 13.5. The van der Waals surface area contributed by atoms with Crippen LogP contribution in [-0.4, -0.2) is 29.8 Å². The van der Waals surface area contributed by atoms with Crippen LogP contribution in [0.3, 0.4) is 0 Å². The number of alkyl halides is 1. The first-order chi connectivity index (χ1) is 8.28. The van der Waals surface area contributed by atoms with Gasteiger partial charge < -0.3 is 5.32 Å². The van der Waals surface area contributed by atoms with Gasteiger partial charge in [0, 0.05) is 12.2 Å². The zero-order valence-electron chi connectivity index (χ0n) is 10.2. The lowest BCUT2D eigenvalue weighted by Crippen LogP contribution is -2.18. The van der Waals surface area contributed by atoms with E-state index >= 15 is 0 Å². The minimum atomic E-state index is -0.168. The average Bonchev–Trinajstić information content (AvgIpc) is 2.84. The van der Waals surface area contributed by atoms with Gasteiger partial charge in [0.05, 0.1) is 0 Å². The van der Waals surface area contributed by atoms with Crippen molar-refractivity contribution >= 4 is 35.6 Å². The third-order valence-electron chi connectivity index (χ3n) is 2.96. The van der Waals surface area contributed by atoms with Crippen molar-refractivity contribution in [1.29, 1.82) is 0 Å². The van der Waals surface area contributed by atoms with Crippen molar-refractivity contribution in [2.75, 3.05) is 24.3 Å². The van der Waals surface area contributed by atoms with Gasteiger partial charge in [0.25, 0.3) is 0 Å². The molecule has 0 spiro atoms. The SMILES string of the molecule is Cl.O=C(CCl)Nc1ccc(CN2CCCC2)cc1. The van der Waals surface area contributed by atoms with Gasteiger partial charge in [-0.15, -0.1) is 24.0 Å². The number of nitrogens with zero attached hydrogens (tertiary/aromatic N) is 1. The van der Waals surface area contributed by atoms with Gasteiger partial charge >= 0.3 is 0 Å². The molecule has 0 unspecified atom stereocenters. The summed E-state index contributed by atoms with van der Waals surface area (Å²) < 4.78 is 0. The van der Waals surface area contributed by atoms with Crippen LogP contribution in [-0.2, 0) is 11.3 Å². The number of anilines is 1. The first-order valence-electron chi connectivity index (χ1n) is 5.95. The van der Waals surface area contributed by atoms with E-state index in [1.165, 1.54) is 31.5 Å². The Bertz CT molecular complexity index is 375. The fourth-order valence-electron chi connectivity index (χ4n) is 2.09. The number of likely N-dealkylation sites (tertiary alicyclic amines) is 1. The largest absolute Gasteiger partial charge is 0.325 e. The van der Waals surface area contributed by atoms with Crippen molar-refractivity contribution in [2.24, 2.45) is 0 Å². The molecule has 1 amide bonds. The van der Waals surface area contributed by atoms with Gasteiger partial charge in [-0.3, -0.25) is 9.69 Å². The second-order valence-corrected chi connectivity index (χ2v) is 4.63. The standard InChI is InChI=1S/C13H17ClN2O.ClH/c14-9-13(17)15-12-5-3-11(4-6-12)10-16-7-1-2-8-16;/h3-6H,1-2,7-10H2,(H,15,17);1H. The molecule has 3 nitrogen and oxygen atoms in total. The molecule has 1 aliphatic heterocycles. The van der Waals surface area contributed by atoms with E-state index in [0.717, 1.165) is 12.2 Å². The fourth-order valence-corrected chi connectivity index (χ4v) is 2.15. The maximum absolute atomic E-state index is 11.1. The Morgan fingerprint density at radius 1 is 1.22 bits per heavy atom. The molecule has 0 radical (unpaired) electrons. The molecule has 2 rings (SSSR count). The summed E-state index contributed by atoms with van der Waals surface area (Å²) in [5.74, 6) is -0.172. The van der Waals surface area contributed by atoms with Crippen LogP contribution in [0, 0.1) is 0 Å². The van der Waals surface area contributed by atoms with Gasteiger partial charge in [0.1, 0.15) is 5.88 Å². The highest BCUT2D eigenvalue weighted by Crippen LogP contribution is 2.15. The van der Waals surface area contributed by atoms with Gasteiger partial charge in [0.2, 0.25) is 5.91 Å². The molecule has 0 saturated carbocycles. The number of carbonyl (C=O) groups excluding carboxylic acids is 1. The highest BCUT2D eigenvalue weighted by molar-refractivity contribution is 6.29. The van der Waals surface area contributed by atoms with Crippen LogP contribution in [0.5, 0.6) is 0 Å². The highest BCUT2D eigenvalue weighted by Gasteiger charge is 2.11. The van der Waals surface area contributed by atoms with Crippen molar-refractivity contribution in [1.82, 2.24) is 4.90 Å². The summed E-state index contributed by atoms with van der Waals surface area (Å²) in [5, 5.41) is 2.73. The van der Waals surface area contributed by atoms with E-state index in [1.54, 1.807) is 0 Å². The molecule has 18 heavy (non-hydrogen) atoms. The van der Waals surface area contributed by atoms with Crippen molar-refractivity contribution in [3.05, 3.63) is 29.8 Å². The number of carbonyl (C=O) groups is 1. The molecule has 1 saturated heterocycles. The van der Waals surface area contributed by atoms with Crippen LogP contribution in [0.1, 0.15) is 18.4 Å². The quantitative estimate of drug-likeness (QED) is 0.864. The van der Waals surface area contributed by atoms with Gasteiger partial charge in [-0.05, 0) is 43.6 Å².